The van der Waals surface area contributed by atoms with Crippen molar-refractivity contribution < 1.29 is 4.79 Å². The van der Waals surface area contributed by atoms with Crippen molar-refractivity contribution in [3.8, 4) is 0 Å². The van der Waals surface area contributed by atoms with Gasteiger partial charge in [-0.15, -0.1) is 0 Å². The van der Waals surface area contributed by atoms with E-state index in [0.29, 0.717) is 4.88 Å². The van der Waals surface area contributed by atoms with E-state index in [4.69, 9.17) is 11.6 Å². The molecular weight excluding hydrogens is 270 g/mol. The zero-order valence-electron chi connectivity index (χ0n) is 9.84. The van der Waals surface area contributed by atoms with Crippen molar-refractivity contribution in [3.05, 3.63) is 40.1 Å². The van der Waals surface area contributed by atoms with Crippen molar-refractivity contribution in [2.45, 2.75) is 6.42 Å². The van der Waals surface area contributed by atoms with Gasteiger partial charge in [-0.25, -0.2) is 4.98 Å². The summed E-state index contributed by atoms with van der Waals surface area (Å²) in [6.45, 7) is 0.777. The largest absolute Gasteiger partial charge is 0.351 e. The van der Waals surface area contributed by atoms with Gasteiger partial charge in [-0.3, -0.25) is 9.78 Å². The Morgan fingerprint density at radius 1 is 1.50 bits per heavy atom. The fourth-order valence-electron chi connectivity index (χ4n) is 1.46. The van der Waals surface area contributed by atoms with E-state index >= 15 is 0 Å². The third-order valence-electron chi connectivity index (χ3n) is 2.46. The zero-order chi connectivity index (χ0) is 13.0. The van der Waals surface area contributed by atoms with Crippen LogP contribution in [-0.2, 0) is 6.42 Å². The molecule has 94 valence electrons. The number of carbonyl (C=O) groups excluding carboxylic acids is 1. The molecule has 0 atom stereocenters. The van der Waals surface area contributed by atoms with Crippen molar-refractivity contribution >= 4 is 34.4 Å². The van der Waals surface area contributed by atoms with Gasteiger partial charge < -0.3 is 4.90 Å². The predicted molar refractivity (Wildman–Crippen MR) is 73.7 cm³/mol. The molecule has 6 heteroatoms. The molecule has 0 unspecified atom stereocenters. The lowest BCUT2D eigenvalue weighted by Crippen LogP contribution is -2.20. The first-order valence-electron chi connectivity index (χ1n) is 5.43. The van der Waals surface area contributed by atoms with E-state index in [1.807, 2.05) is 30.1 Å². The van der Waals surface area contributed by atoms with Crippen LogP contribution in [0.1, 0.15) is 15.4 Å². The summed E-state index contributed by atoms with van der Waals surface area (Å²) in [5.41, 5.74) is 1.03. The van der Waals surface area contributed by atoms with Crippen LogP contribution in [0, 0.1) is 0 Å². The Balaban J connectivity index is 1.99. The molecule has 0 amide bonds. The normalized spacial score (nSPS) is 10.3. The Hall–Kier alpha value is -1.46. The van der Waals surface area contributed by atoms with Crippen molar-refractivity contribution in [2.75, 3.05) is 18.5 Å². The number of pyridine rings is 1. The molecule has 2 rings (SSSR count). The van der Waals surface area contributed by atoms with E-state index in [-0.39, 0.29) is 5.15 Å². The van der Waals surface area contributed by atoms with Crippen molar-refractivity contribution in [1.29, 1.82) is 0 Å². The van der Waals surface area contributed by atoms with Crippen LogP contribution in [0.4, 0.5) is 5.13 Å². The van der Waals surface area contributed by atoms with E-state index in [9.17, 15) is 4.79 Å². The Bertz CT molecular complexity index is 529. The number of aromatic nitrogens is 2. The van der Waals surface area contributed by atoms with Gasteiger partial charge in [0, 0.05) is 31.9 Å². The second-order valence-electron chi connectivity index (χ2n) is 3.76. The summed E-state index contributed by atoms with van der Waals surface area (Å²) in [6, 6.07) is 5.84. The standard InChI is InChI=1S/C12H12ClN3OS/c1-16(7-5-9-4-2-3-6-14-9)12-15-11(13)10(8-17)18-12/h2-4,6,8H,5,7H2,1H3. The van der Waals surface area contributed by atoms with Crippen molar-refractivity contribution in [2.24, 2.45) is 0 Å². The number of hydrogen-bond donors (Lipinski definition) is 0. The van der Waals surface area contributed by atoms with Crippen molar-refractivity contribution in [3.63, 3.8) is 0 Å². The van der Waals surface area contributed by atoms with Gasteiger partial charge in [0.25, 0.3) is 0 Å². The first-order valence-corrected chi connectivity index (χ1v) is 6.62. The fraction of sp³-hybridized carbons (Fsp3) is 0.250. The van der Waals surface area contributed by atoms with Gasteiger partial charge >= 0.3 is 0 Å². The highest BCUT2D eigenvalue weighted by atomic mass is 35.5. The quantitative estimate of drug-likeness (QED) is 0.791. The molecule has 2 aromatic heterocycles. The average Bonchev–Trinajstić information content (AvgIpc) is 2.78. The molecule has 0 spiro atoms. The van der Waals surface area contributed by atoms with Crippen LogP contribution in [0.15, 0.2) is 24.4 Å². The van der Waals surface area contributed by atoms with E-state index < -0.39 is 0 Å². The summed E-state index contributed by atoms with van der Waals surface area (Å²) in [6.07, 6.45) is 3.33. The molecule has 0 aliphatic carbocycles. The van der Waals surface area contributed by atoms with E-state index in [2.05, 4.69) is 9.97 Å². The molecule has 0 aliphatic rings. The maximum Gasteiger partial charge on any atom is 0.187 e. The highest BCUT2D eigenvalue weighted by Gasteiger charge is 2.11. The minimum absolute atomic E-state index is 0.273. The predicted octanol–water partition coefficient (Wildman–Crippen LogP) is 2.68. The minimum atomic E-state index is 0.273. The van der Waals surface area contributed by atoms with Gasteiger partial charge in [0.2, 0.25) is 0 Å². The molecule has 2 heterocycles. The molecule has 0 bridgehead atoms. The van der Waals surface area contributed by atoms with Crippen LogP contribution in [0.25, 0.3) is 0 Å². The van der Waals surface area contributed by atoms with Crippen LogP contribution in [0.2, 0.25) is 5.15 Å². The van der Waals surface area contributed by atoms with E-state index in [0.717, 1.165) is 30.1 Å². The number of likely N-dealkylation sites (N-methyl/N-ethyl adjacent to an activating group) is 1. The number of carbonyl (C=O) groups is 1. The first kappa shape index (κ1) is 13.0. The Kier molecular flexibility index (Phi) is 4.28. The molecule has 0 aliphatic heterocycles. The van der Waals surface area contributed by atoms with Gasteiger partial charge in [-0.2, -0.15) is 0 Å². The topological polar surface area (TPSA) is 46.1 Å². The summed E-state index contributed by atoms with van der Waals surface area (Å²) in [5.74, 6) is 0. The molecule has 0 saturated heterocycles. The molecule has 2 aromatic rings. The van der Waals surface area contributed by atoms with Gasteiger partial charge in [0.15, 0.2) is 16.6 Å². The third kappa shape index (κ3) is 3.05. The summed E-state index contributed by atoms with van der Waals surface area (Å²) >= 11 is 7.13. The van der Waals surface area contributed by atoms with Crippen LogP contribution < -0.4 is 4.90 Å². The lowest BCUT2D eigenvalue weighted by atomic mass is 10.2. The second kappa shape index (κ2) is 5.93. The SMILES string of the molecule is CN(CCc1ccccn1)c1nc(Cl)c(C=O)s1. The number of thiazole rings is 1. The number of halogens is 1. The highest BCUT2D eigenvalue weighted by molar-refractivity contribution is 7.17. The summed E-state index contributed by atoms with van der Waals surface area (Å²) < 4.78 is 0. The lowest BCUT2D eigenvalue weighted by Gasteiger charge is -2.14. The number of hydrogen-bond acceptors (Lipinski definition) is 5. The molecular formula is C12H12ClN3OS. The van der Waals surface area contributed by atoms with Gasteiger partial charge in [-0.05, 0) is 12.1 Å². The monoisotopic (exact) mass is 281 g/mol. The molecule has 0 fully saturated rings. The number of anilines is 1. The number of nitrogens with zero attached hydrogens (tertiary/aromatic N) is 3. The highest BCUT2D eigenvalue weighted by Crippen LogP contribution is 2.27. The Morgan fingerprint density at radius 3 is 2.94 bits per heavy atom. The van der Waals surface area contributed by atoms with Gasteiger partial charge in [0.1, 0.15) is 4.88 Å². The van der Waals surface area contributed by atoms with E-state index in [1.165, 1.54) is 11.3 Å². The minimum Gasteiger partial charge on any atom is -0.351 e. The summed E-state index contributed by atoms with van der Waals surface area (Å²) in [5, 5.41) is 1.02. The summed E-state index contributed by atoms with van der Waals surface area (Å²) in [7, 11) is 1.92. The Labute approximate surface area is 114 Å². The lowest BCUT2D eigenvalue weighted by molar-refractivity contribution is 0.112. The summed E-state index contributed by atoms with van der Waals surface area (Å²) in [4.78, 5) is 21.5. The third-order valence-corrected chi connectivity index (χ3v) is 3.96. The van der Waals surface area contributed by atoms with Crippen LogP contribution >= 0.6 is 22.9 Å². The fourth-order valence-corrected chi connectivity index (χ4v) is 2.51. The molecule has 18 heavy (non-hydrogen) atoms. The second-order valence-corrected chi connectivity index (χ2v) is 5.13. The molecule has 0 radical (unpaired) electrons. The molecule has 0 aromatic carbocycles. The zero-order valence-corrected chi connectivity index (χ0v) is 11.4. The Morgan fingerprint density at radius 2 is 2.33 bits per heavy atom. The smallest absolute Gasteiger partial charge is 0.187 e. The van der Waals surface area contributed by atoms with Crippen molar-refractivity contribution in [1.82, 2.24) is 9.97 Å². The van der Waals surface area contributed by atoms with Crippen LogP contribution in [0.5, 0.6) is 0 Å². The molecule has 4 nitrogen and oxygen atoms in total. The number of rotatable bonds is 5. The van der Waals surface area contributed by atoms with Crippen LogP contribution in [0.3, 0.4) is 0 Å². The van der Waals surface area contributed by atoms with Gasteiger partial charge in [0.05, 0.1) is 0 Å². The van der Waals surface area contributed by atoms with Gasteiger partial charge in [-0.1, -0.05) is 29.0 Å². The molecule has 0 N–H and O–H groups in total. The van der Waals surface area contributed by atoms with E-state index in [1.54, 1.807) is 6.20 Å². The molecule has 0 saturated carbocycles. The maximum absolute atomic E-state index is 10.7. The average molecular weight is 282 g/mol. The van der Waals surface area contributed by atoms with Crippen LogP contribution in [-0.4, -0.2) is 29.8 Å². The number of aldehydes is 1. The first-order chi connectivity index (χ1) is 8.70. The maximum atomic E-state index is 10.7.